The minimum Gasteiger partial charge on any atom is -0.466 e. The van der Waals surface area contributed by atoms with Gasteiger partial charge >= 0.3 is 11.9 Å². The summed E-state index contributed by atoms with van der Waals surface area (Å²) in [6.07, 6.45) is 11.0. The third-order valence-electron chi connectivity index (χ3n) is 6.84. The molecule has 2 aromatic heterocycles. The van der Waals surface area contributed by atoms with Gasteiger partial charge in [0.15, 0.2) is 0 Å². The van der Waals surface area contributed by atoms with Crippen molar-refractivity contribution in [1.82, 2.24) is 19.9 Å². The summed E-state index contributed by atoms with van der Waals surface area (Å²) < 4.78 is 12.8. The molecule has 0 amide bonds. The average Bonchev–Trinajstić information content (AvgIpc) is 3.61. The first kappa shape index (κ1) is 25.8. The van der Waals surface area contributed by atoms with Crippen molar-refractivity contribution in [1.29, 1.82) is 0 Å². The second-order valence-corrected chi connectivity index (χ2v) is 9.39. The number of benzene rings is 2. The number of dihydropyridines is 1. The molecule has 0 spiro atoms. The van der Waals surface area contributed by atoms with E-state index < -0.39 is 17.9 Å². The molecule has 8 heteroatoms. The number of imidazole rings is 1. The number of nitrogens with one attached hydrogen (secondary N) is 2. The molecule has 3 heterocycles. The van der Waals surface area contributed by atoms with Gasteiger partial charge in [-0.1, -0.05) is 48.5 Å². The SMILES string of the molecule is COC(=O)C1=C(C)NC(C)=C(C(=O)OC/C=C/c2ccc(Cn3ccnc3)cc2)C1c1c[nH]c2ccccc12. The molecule has 1 atom stereocenters. The minimum absolute atomic E-state index is 0.0866. The molecule has 4 aromatic rings. The second kappa shape index (κ2) is 11.3. The highest BCUT2D eigenvalue weighted by atomic mass is 16.5. The third kappa shape index (κ3) is 5.40. The third-order valence-corrected chi connectivity index (χ3v) is 6.84. The Balaban J connectivity index is 1.34. The number of hydrogen-bond donors (Lipinski definition) is 2. The number of para-hydroxylation sites is 1. The monoisotopic (exact) mass is 522 g/mol. The maximum atomic E-state index is 13.5. The van der Waals surface area contributed by atoms with E-state index in [0.29, 0.717) is 22.5 Å². The summed E-state index contributed by atoms with van der Waals surface area (Å²) in [7, 11) is 1.34. The van der Waals surface area contributed by atoms with Crippen LogP contribution in [0.1, 0.15) is 36.5 Å². The number of rotatable bonds is 8. The highest BCUT2D eigenvalue weighted by Crippen LogP contribution is 2.41. The Morgan fingerprint density at radius 2 is 1.77 bits per heavy atom. The fourth-order valence-electron chi connectivity index (χ4n) is 5.00. The number of allylic oxidation sites excluding steroid dienone is 2. The van der Waals surface area contributed by atoms with Gasteiger partial charge < -0.3 is 24.3 Å². The van der Waals surface area contributed by atoms with Crippen molar-refractivity contribution in [2.75, 3.05) is 13.7 Å². The Kier molecular flexibility index (Phi) is 7.45. The molecule has 0 radical (unpaired) electrons. The Morgan fingerprint density at radius 1 is 1.03 bits per heavy atom. The number of esters is 2. The zero-order valence-corrected chi connectivity index (χ0v) is 22.1. The molecule has 198 valence electrons. The summed E-state index contributed by atoms with van der Waals surface area (Å²) in [5, 5.41) is 4.10. The first-order valence-electron chi connectivity index (χ1n) is 12.7. The summed E-state index contributed by atoms with van der Waals surface area (Å²) >= 11 is 0. The number of hydrogen-bond acceptors (Lipinski definition) is 6. The molecular formula is C31H30N4O4. The molecule has 2 aromatic carbocycles. The van der Waals surface area contributed by atoms with Crippen LogP contribution in [0.15, 0.2) is 102 Å². The van der Waals surface area contributed by atoms with Crippen LogP contribution in [0.2, 0.25) is 0 Å². The van der Waals surface area contributed by atoms with Gasteiger partial charge in [0.05, 0.1) is 30.5 Å². The van der Waals surface area contributed by atoms with Crippen molar-refractivity contribution in [2.45, 2.75) is 26.3 Å². The molecule has 5 rings (SSSR count). The first-order chi connectivity index (χ1) is 19.0. The van der Waals surface area contributed by atoms with Gasteiger partial charge in [-0.05, 0) is 42.7 Å². The zero-order chi connectivity index (χ0) is 27.4. The standard InChI is InChI=1S/C31H30N4O4/c1-20-27(30(36)38-3)29(25-17-33-26-9-5-4-8-24(25)26)28(21(2)34-20)31(37)39-16-6-7-22-10-12-23(13-11-22)18-35-15-14-32-19-35/h4-15,17,19,29,33-34H,16,18H2,1-3H3/b7-6+. The smallest absolute Gasteiger partial charge is 0.337 e. The second-order valence-electron chi connectivity index (χ2n) is 9.39. The van der Waals surface area contributed by atoms with Crippen LogP contribution in [0.25, 0.3) is 17.0 Å². The van der Waals surface area contributed by atoms with Crippen molar-refractivity contribution < 1.29 is 19.1 Å². The van der Waals surface area contributed by atoms with Gasteiger partial charge in [-0.15, -0.1) is 0 Å². The van der Waals surface area contributed by atoms with Crippen LogP contribution in [-0.2, 0) is 25.6 Å². The lowest BCUT2D eigenvalue weighted by Crippen LogP contribution is -2.32. The molecule has 0 aliphatic carbocycles. The molecular weight excluding hydrogens is 492 g/mol. The van der Waals surface area contributed by atoms with E-state index in [1.54, 1.807) is 18.6 Å². The fourth-order valence-corrected chi connectivity index (χ4v) is 5.00. The highest BCUT2D eigenvalue weighted by molar-refractivity contribution is 6.01. The molecule has 39 heavy (non-hydrogen) atoms. The lowest BCUT2D eigenvalue weighted by Gasteiger charge is -2.29. The van der Waals surface area contributed by atoms with Gasteiger partial charge in [0.2, 0.25) is 0 Å². The van der Waals surface area contributed by atoms with Crippen LogP contribution < -0.4 is 5.32 Å². The maximum Gasteiger partial charge on any atom is 0.337 e. The summed E-state index contributed by atoms with van der Waals surface area (Å²) in [4.78, 5) is 33.7. The van der Waals surface area contributed by atoms with Crippen LogP contribution in [0, 0.1) is 0 Å². The van der Waals surface area contributed by atoms with E-state index >= 15 is 0 Å². The number of aromatic amines is 1. The number of carbonyl (C=O) groups excluding carboxylic acids is 2. The molecule has 2 N–H and O–H groups in total. The molecule has 1 unspecified atom stereocenters. The van der Waals surface area contributed by atoms with Crippen LogP contribution in [0.5, 0.6) is 0 Å². The fraction of sp³-hybridized carbons (Fsp3) is 0.194. The van der Waals surface area contributed by atoms with Crippen molar-refractivity contribution in [3.8, 4) is 0 Å². The predicted molar refractivity (Wildman–Crippen MR) is 149 cm³/mol. The molecule has 0 saturated carbocycles. The molecule has 1 aliphatic heterocycles. The van der Waals surface area contributed by atoms with E-state index in [0.717, 1.165) is 34.1 Å². The molecule has 0 fully saturated rings. The zero-order valence-electron chi connectivity index (χ0n) is 22.1. The topological polar surface area (TPSA) is 98.2 Å². The number of H-pyrrole nitrogens is 1. The van der Waals surface area contributed by atoms with Crippen LogP contribution in [0.4, 0.5) is 0 Å². The summed E-state index contributed by atoms with van der Waals surface area (Å²) in [5.41, 5.74) is 5.92. The van der Waals surface area contributed by atoms with Gasteiger partial charge in [-0.2, -0.15) is 0 Å². The summed E-state index contributed by atoms with van der Waals surface area (Å²) in [5.74, 6) is -1.64. The van der Waals surface area contributed by atoms with Gasteiger partial charge in [-0.25, -0.2) is 14.6 Å². The summed E-state index contributed by atoms with van der Waals surface area (Å²) in [6, 6.07) is 15.9. The number of methoxy groups -OCH3 is 1. The Labute approximate surface area is 226 Å². The van der Waals surface area contributed by atoms with Gasteiger partial charge in [0.1, 0.15) is 6.61 Å². The Hall–Kier alpha value is -4.85. The van der Waals surface area contributed by atoms with Gasteiger partial charge in [-0.3, -0.25) is 0 Å². The normalized spacial score (nSPS) is 15.6. The lowest BCUT2D eigenvalue weighted by molar-refractivity contribution is -0.138. The Bertz CT molecular complexity index is 1590. The van der Waals surface area contributed by atoms with Crippen molar-refractivity contribution in [2.24, 2.45) is 0 Å². The highest BCUT2D eigenvalue weighted by Gasteiger charge is 2.38. The number of aromatic nitrogens is 3. The number of ether oxygens (including phenoxy) is 2. The predicted octanol–water partition coefficient (Wildman–Crippen LogP) is 5.08. The van der Waals surface area contributed by atoms with Gasteiger partial charge in [0.25, 0.3) is 0 Å². The van der Waals surface area contributed by atoms with Crippen LogP contribution in [0.3, 0.4) is 0 Å². The van der Waals surface area contributed by atoms with E-state index in [9.17, 15) is 9.59 Å². The first-order valence-corrected chi connectivity index (χ1v) is 12.7. The number of fused-ring (bicyclic) bond motifs is 1. The minimum atomic E-state index is -0.644. The van der Waals surface area contributed by atoms with Crippen molar-refractivity contribution in [3.63, 3.8) is 0 Å². The van der Waals surface area contributed by atoms with Crippen LogP contribution in [-0.4, -0.2) is 40.2 Å². The molecule has 8 nitrogen and oxygen atoms in total. The average molecular weight is 523 g/mol. The summed E-state index contributed by atoms with van der Waals surface area (Å²) in [6.45, 7) is 4.47. The van der Waals surface area contributed by atoms with Gasteiger partial charge in [0, 0.05) is 47.4 Å². The lowest BCUT2D eigenvalue weighted by atomic mass is 9.80. The molecule has 1 aliphatic rings. The number of carbonyl (C=O) groups is 2. The molecule has 0 saturated heterocycles. The van der Waals surface area contributed by atoms with E-state index in [-0.39, 0.29) is 6.61 Å². The maximum absolute atomic E-state index is 13.5. The Morgan fingerprint density at radius 3 is 2.49 bits per heavy atom. The van der Waals surface area contributed by atoms with E-state index in [1.807, 2.05) is 73.3 Å². The van der Waals surface area contributed by atoms with E-state index in [2.05, 4.69) is 27.4 Å². The van der Waals surface area contributed by atoms with E-state index in [1.165, 1.54) is 7.11 Å². The van der Waals surface area contributed by atoms with E-state index in [4.69, 9.17) is 9.47 Å². The quantitative estimate of drug-likeness (QED) is 0.313. The number of nitrogens with zero attached hydrogens (tertiary/aromatic N) is 2. The molecule has 0 bridgehead atoms. The largest absolute Gasteiger partial charge is 0.466 e. The van der Waals surface area contributed by atoms with Crippen molar-refractivity contribution >= 4 is 28.9 Å². The van der Waals surface area contributed by atoms with Crippen LogP contribution >= 0.6 is 0 Å². The van der Waals surface area contributed by atoms with Crippen molar-refractivity contribution in [3.05, 3.63) is 119 Å².